The second-order valence-electron chi connectivity index (χ2n) is 3.01. The third-order valence-electron chi connectivity index (χ3n) is 1.96. The number of carbonyl (C=O) groups excluding carboxylic acids is 1. The zero-order chi connectivity index (χ0) is 8.97. The highest BCUT2D eigenvalue weighted by atomic mass is 16.3. The smallest absolute Gasteiger partial charge is 0.133 e. The van der Waals surface area contributed by atoms with Crippen LogP contribution in [0.4, 0.5) is 0 Å². The van der Waals surface area contributed by atoms with E-state index < -0.39 is 0 Å². The maximum absolute atomic E-state index is 11.1. The summed E-state index contributed by atoms with van der Waals surface area (Å²) in [6.45, 7) is 3.89. The van der Waals surface area contributed by atoms with E-state index in [4.69, 9.17) is 4.42 Å². The van der Waals surface area contributed by atoms with Crippen LogP contribution in [0.5, 0.6) is 0 Å². The molecule has 0 saturated carbocycles. The first-order valence-corrected chi connectivity index (χ1v) is 4.29. The number of carbonyl (C=O) groups is 1. The molecular formula is C10H14O2. The molecule has 0 saturated heterocycles. The Morgan fingerprint density at radius 3 is 2.92 bits per heavy atom. The van der Waals surface area contributed by atoms with Gasteiger partial charge in [-0.2, -0.15) is 0 Å². The molecule has 2 heteroatoms. The van der Waals surface area contributed by atoms with Crippen molar-refractivity contribution in [1.29, 1.82) is 0 Å². The van der Waals surface area contributed by atoms with Gasteiger partial charge < -0.3 is 4.42 Å². The molecule has 0 aliphatic heterocycles. The van der Waals surface area contributed by atoms with Crippen molar-refractivity contribution < 1.29 is 9.21 Å². The van der Waals surface area contributed by atoms with Crippen molar-refractivity contribution in [1.82, 2.24) is 0 Å². The Hall–Kier alpha value is -1.05. The summed E-state index contributed by atoms with van der Waals surface area (Å²) in [4.78, 5) is 11.1. The van der Waals surface area contributed by atoms with E-state index in [0.717, 1.165) is 5.76 Å². The van der Waals surface area contributed by atoms with Crippen molar-refractivity contribution in [3.05, 3.63) is 24.2 Å². The zero-order valence-corrected chi connectivity index (χ0v) is 7.54. The fraction of sp³-hybridized carbons (Fsp3) is 0.500. The number of hydrogen-bond acceptors (Lipinski definition) is 2. The number of ketones is 1. The van der Waals surface area contributed by atoms with Crippen molar-refractivity contribution in [3.8, 4) is 0 Å². The summed E-state index contributed by atoms with van der Waals surface area (Å²) in [5, 5.41) is 0. The van der Waals surface area contributed by atoms with E-state index in [-0.39, 0.29) is 5.92 Å². The van der Waals surface area contributed by atoms with Crippen LogP contribution in [0.25, 0.3) is 0 Å². The first-order chi connectivity index (χ1) is 5.74. The van der Waals surface area contributed by atoms with E-state index in [2.05, 4.69) is 0 Å². The van der Waals surface area contributed by atoms with E-state index in [1.54, 1.807) is 6.26 Å². The van der Waals surface area contributed by atoms with Crippen LogP contribution in [-0.2, 0) is 4.79 Å². The molecule has 66 valence electrons. The van der Waals surface area contributed by atoms with Crippen LogP contribution < -0.4 is 0 Å². The lowest BCUT2D eigenvalue weighted by atomic mass is 10.0. The molecule has 1 rings (SSSR count). The molecule has 12 heavy (non-hydrogen) atoms. The fourth-order valence-corrected chi connectivity index (χ4v) is 1.16. The fourth-order valence-electron chi connectivity index (χ4n) is 1.16. The van der Waals surface area contributed by atoms with E-state index in [1.165, 1.54) is 0 Å². The second kappa shape index (κ2) is 4.10. The van der Waals surface area contributed by atoms with Crippen molar-refractivity contribution in [3.63, 3.8) is 0 Å². The lowest BCUT2D eigenvalue weighted by Gasteiger charge is -2.05. The molecule has 1 aromatic rings. The minimum absolute atomic E-state index is 0.215. The molecule has 0 spiro atoms. The average molecular weight is 166 g/mol. The predicted molar refractivity (Wildman–Crippen MR) is 47.0 cm³/mol. The summed E-state index contributed by atoms with van der Waals surface area (Å²) >= 11 is 0. The molecule has 2 nitrogen and oxygen atoms in total. The Morgan fingerprint density at radius 2 is 2.42 bits per heavy atom. The van der Waals surface area contributed by atoms with Gasteiger partial charge in [0.25, 0.3) is 0 Å². The van der Waals surface area contributed by atoms with Crippen LogP contribution in [0, 0.1) is 0 Å². The molecule has 0 aromatic carbocycles. The Morgan fingerprint density at radius 1 is 1.67 bits per heavy atom. The molecular weight excluding hydrogens is 152 g/mol. The molecule has 0 aliphatic carbocycles. The van der Waals surface area contributed by atoms with Crippen molar-refractivity contribution in [2.45, 2.75) is 32.6 Å². The lowest BCUT2D eigenvalue weighted by Crippen LogP contribution is -2.01. The molecule has 0 radical (unpaired) electrons. The topological polar surface area (TPSA) is 30.2 Å². The van der Waals surface area contributed by atoms with Gasteiger partial charge >= 0.3 is 0 Å². The zero-order valence-electron chi connectivity index (χ0n) is 7.54. The highest BCUT2D eigenvalue weighted by Gasteiger charge is 2.11. The van der Waals surface area contributed by atoms with Gasteiger partial charge in [-0.15, -0.1) is 0 Å². The maximum Gasteiger partial charge on any atom is 0.133 e. The van der Waals surface area contributed by atoms with Crippen LogP contribution in [-0.4, -0.2) is 5.78 Å². The van der Waals surface area contributed by atoms with Gasteiger partial charge in [0.2, 0.25) is 0 Å². The van der Waals surface area contributed by atoms with E-state index in [1.807, 2.05) is 26.0 Å². The molecule has 1 heterocycles. The summed E-state index contributed by atoms with van der Waals surface area (Å²) in [7, 11) is 0. The van der Waals surface area contributed by atoms with Gasteiger partial charge in [-0.25, -0.2) is 0 Å². The standard InChI is InChI=1S/C10H14O2/c1-3-9(11)7-8(2)10-5-4-6-12-10/h4-6,8H,3,7H2,1-2H3. The minimum Gasteiger partial charge on any atom is -0.469 e. The molecule has 1 atom stereocenters. The van der Waals surface area contributed by atoms with Gasteiger partial charge in [0, 0.05) is 18.8 Å². The summed E-state index contributed by atoms with van der Waals surface area (Å²) in [5.74, 6) is 1.41. The quantitative estimate of drug-likeness (QED) is 0.688. The second-order valence-corrected chi connectivity index (χ2v) is 3.01. The maximum atomic E-state index is 11.1. The van der Waals surface area contributed by atoms with Crippen LogP contribution in [0.1, 0.15) is 38.4 Å². The van der Waals surface area contributed by atoms with Crippen molar-refractivity contribution >= 4 is 5.78 Å². The van der Waals surface area contributed by atoms with Crippen molar-refractivity contribution in [2.75, 3.05) is 0 Å². The van der Waals surface area contributed by atoms with Crippen LogP contribution in [0.2, 0.25) is 0 Å². The Labute approximate surface area is 72.6 Å². The van der Waals surface area contributed by atoms with Gasteiger partial charge in [0.15, 0.2) is 0 Å². The first kappa shape index (κ1) is 9.04. The molecule has 0 fully saturated rings. The van der Waals surface area contributed by atoms with Gasteiger partial charge in [0.05, 0.1) is 6.26 Å². The summed E-state index contributed by atoms with van der Waals surface area (Å²) in [6, 6.07) is 3.76. The van der Waals surface area contributed by atoms with E-state index in [9.17, 15) is 4.79 Å². The summed E-state index contributed by atoms with van der Waals surface area (Å²) in [5.41, 5.74) is 0. The van der Waals surface area contributed by atoms with Crippen LogP contribution >= 0.6 is 0 Å². The Balaban J connectivity index is 2.49. The number of hydrogen-bond donors (Lipinski definition) is 0. The summed E-state index contributed by atoms with van der Waals surface area (Å²) in [6.07, 6.45) is 2.84. The average Bonchev–Trinajstić information content (AvgIpc) is 2.56. The molecule has 1 unspecified atom stereocenters. The van der Waals surface area contributed by atoms with Gasteiger partial charge in [-0.3, -0.25) is 4.79 Å². The molecule has 0 amide bonds. The van der Waals surface area contributed by atoms with Crippen LogP contribution in [0.3, 0.4) is 0 Å². The predicted octanol–water partition coefficient (Wildman–Crippen LogP) is 2.75. The van der Waals surface area contributed by atoms with Gasteiger partial charge in [-0.05, 0) is 12.1 Å². The Kier molecular flexibility index (Phi) is 3.09. The molecule has 0 N–H and O–H groups in total. The Bertz CT molecular complexity index is 236. The highest BCUT2D eigenvalue weighted by Crippen LogP contribution is 2.19. The van der Waals surface area contributed by atoms with E-state index in [0.29, 0.717) is 18.6 Å². The monoisotopic (exact) mass is 166 g/mol. The number of Topliss-reactive ketones (excluding diaryl/α,β-unsaturated/α-hetero) is 1. The van der Waals surface area contributed by atoms with Crippen molar-refractivity contribution in [2.24, 2.45) is 0 Å². The third-order valence-corrected chi connectivity index (χ3v) is 1.96. The van der Waals surface area contributed by atoms with E-state index >= 15 is 0 Å². The molecule has 0 bridgehead atoms. The third kappa shape index (κ3) is 2.22. The van der Waals surface area contributed by atoms with Crippen LogP contribution in [0.15, 0.2) is 22.8 Å². The molecule has 0 aliphatic rings. The SMILES string of the molecule is CCC(=O)CC(C)c1ccco1. The normalized spacial score (nSPS) is 12.8. The highest BCUT2D eigenvalue weighted by molar-refractivity contribution is 5.78. The minimum atomic E-state index is 0.215. The summed E-state index contributed by atoms with van der Waals surface area (Å²) < 4.78 is 5.19. The first-order valence-electron chi connectivity index (χ1n) is 4.29. The van der Waals surface area contributed by atoms with Gasteiger partial charge in [-0.1, -0.05) is 13.8 Å². The lowest BCUT2D eigenvalue weighted by molar-refractivity contribution is -0.119. The van der Waals surface area contributed by atoms with Gasteiger partial charge in [0.1, 0.15) is 11.5 Å². The number of rotatable bonds is 4. The number of furan rings is 1. The largest absolute Gasteiger partial charge is 0.469 e. The molecule has 1 aromatic heterocycles.